The van der Waals surface area contributed by atoms with E-state index in [4.69, 9.17) is 4.98 Å². The number of benzene rings is 1. The van der Waals surface area contributed by atoms with Crippen LogP contribution in [0.3, 0.4) is 0 Å². The molecule has 2 amide bonds. The summed E-state index contributed by atoms with van der Waals surface area (Å²) in [4.78, 5) is 36.8. The highest BCUT2D eigenvalue weighted by Crippen LogP contribution is 2.29. The van der Waals surface area contributed by atoms with E-state index in [-0.39, 0.29) is 17.7 Å². The van der Waals surface area contributed by atoms with E-state index in [9.17, 15) is 9.59 Å². The second-order valence-electron chi connectivity index (χ2n) is 8.64. The number of likely N-dealkylation sites (tertiary alicyclic amines) is 1. The molecule has 1 atom stereocenters. The van der Waals surface area contributed by atoms with Crippen molar-refractivity contribution in [1.29, 1.82) is 0 Å². The molecule has 1 N–H and O–H groups in total. The fraction of sp³-hybridized carbons (Fsp3) is 0.308. The lowest BCUT2D eigenvalue weighted by Crippen LogP contribution is -2.39. The van der Waals surface area contributed by atoms with Gasteiger partial charge >= 0.3 is 0 Å². The molecule has 0 aliphatic carbocycles. The molecule has 1 aliphatic rings. The topological polar surface area (TPSA) is 84.5 Å². The average molecular weight is 457 g/mol. The van der Waals surface area contributed by atoms with E-state index in [1.165, 1.54) is 0 Å². The zero-order chi connectivity index (χ0) is 23.3. The van der Waals surface area contributed by atoms with Crippen LogP contribution in [-0.4, -0.2) is 55.3 Å². The second-order valence-corrected chi connectivity index (χ2v) is 8.64. The van der Waals surface area contributed by atoms with Crippen molar-refractivity contribution in [2.75, 3.05) is 19.6 Å². The number of fused-ring (bicyclic) bond motifs is 1. The minimum atomic E-state index is -0.173. The number of aromatic nitrogens is 4. The molecule has 34 heavy (non-hydrogen) atoms. The number of carbonyl (C=O) groups is 2. The Kier molecular flexibility index (Phi) is 6.38. The van der Waals surface area contributed by atoms with Crippen LogP contribution in [0.15, 0.2) is 73.4 Å². The molecule has 1 saturated heterocycles. The van der Waals surface area contributed by atoms with Gasteiger partial charge in [-0.25, -0.2) is 9.97 Å². The fourth-order valence-electron chi connectivity index (χ4n) is 4.62. The Bertz CT molecular complexity index is 1270. The molecule has 0 bridgehead atoms. The second kappa shape index (κ2) is 9.91. The average Bonchev–Trinajstić information content (AvgIpc) is 3.55. The number of amides is 2. The summed E-state index contributed by atoms with van der Waals surface area (Å²) >= 11 is 0. The highest BCUT2D eigenvalue weighted by atomic mass is 16.2. The fourth-order valence-corrected chi connectivity index (χ4v) is 4.62. The predicted octanol–water partition coefficient (Wildman–Crippen LogP) is 3.37. The summed E-state index contributed by atoms with van der Waals surface area (Å²) in [7, 11) is 0. The third-order valence-electron chi connectivity index (χ3n) is 6.32. The molecule has 174 valence electrons. The third kappa shape index (κ3) is 4.57. The van der Waals surface area contributed by atoms with Crippen molar-refractivity contribution in [2.24, 2.45) is 0 Å². The molecular weight excluding hydrogens is 428 g/mol. The maximum absolute atomic E-state index is 13.0. The van der Waals surface area contributed by atoms with Crippen molar-refractivity contribution in [3.63, 3.8) is 0 Å². The van der Waals surface area contributed by atoms with Gasteiger partial charge in [0.25, 0.3) is 11.8 Å². The van der Waals surface area contributed by atoms with E-state index in [0.29, 0.717) is 24.3 Å². The van der Waals surface area contributed by atoms with Crippen LogP contribution in [-0.2, 0) is 6.54 Å². The van der Waals surface area contributed by atoms with Crippen molar-refractivity contribution in [3.8, 4) is 0 Å². The summed E-state index contributed by atoms with van der Waals surface area (Å²) in [6, 6.07) is 15.2. The molecule has 1 fully saturated rings. The third-order valence-corrected chi connectivity index (χ3v) is 6.32. The van der Waals surface area contributed by atoms with Gasteiger partial charge in [-0.05, 0) is 43.5 Å². The largest absolute Gasteiger partial charge is 0.351 e. The lowest BCUT2D eigenvalue weighted by atomic mass is 9.96. The number of hydrogen-bond acceptors (Lipinski definition) is 4. The molecule has 8 nitrogen and oxygen atoms in total. The first-order valence-corrected chi connectivity index (χ1v) is 11.8. The highest BCUT2D eigenvalue weighted by molar-refractivity contribution is 5.99. The van der Waals surface area contributed by atoms with Crippen LogP contribution in [0, 0.1) is 0 Å². The summed E-state index contributed by atoms with van der Waals surface area (Å²) in [5.41, 5.74) is 1.92. The van der Waals surface area contributed by atoms with Crippen LogP contribution in [0.4, 0.5) is 0 Å². The van der Waals surface area contributed by atoms with Crippen molar-refractivity contribution >= 4 is 17.3 Å². The highest BCUT2D eigenvalue weighted by Gasteiger charge is 2.29. The van der Waals surface area contributed by atoms with Gasteiger partial charge in [0.2, 0.25) is 0 Å². The van der Waals surface area contributed by atoms with Gasteiger partial charge in [-0.2, -0.15) is 0 Å². The minimum Gasteiger partial charge on any atom is -0.351 e. The van der Waals surface area contributed by atoms with Crippen molar-refractivity contribution < 1.29 is 9.59 Å². The van der Waals surface area contributed by atoms with Crippen LogP contribution >= 0.6 is 0 Å². The number of nitrogens with one attached hydrogen (secondary N) is 1. The Morgan fingerprint density at radius 3 is 2.74 bits per heavy atom. The van der Waals surface area contributed by atoms with E-state index >= 15 is 0 Å². The maximum Gasteiger partial charge on any atom is 0.272 e. The smallest absolute Gasteiger partial charge is 0.272 e. The number of rotatable bonds is 7. The summed E-state index contributed by atoms with van der Waals surface area (Å²) in [6.07, 6.45) is 10.0. The van der Waals surface area contributed by atoms with Crippen molar-refractivity contribution in [1.82, 2.24) is 29.2 Å². The lowest BCUT2D eigenvalue weighted by Gasteiger charge is -2.32. The van der Waals surface area contributed by atoms with Gasteiger partial charge in [0, 0.05) is 56.3 Å². The van der Waals surface area contributed by atoms with E-state index in [1.54, 1.807) is 12.5 Å². The van der Waals surface area contributed by atoms with Crippen LogP contribution in [0.5, 0.6) is 0 Å². The first-order valence-electron chi connectivity index (χ1n) is 11.8. The number of piperidine rings is 1. The van der Waals surface area contributed by atoms with Crippen LogP contribution in [0.1, 0.15) is 51.9 Å². The van der Waals surface area contributed by atoms with Crippen molar-refractivity contribution in [3.05, 3.63) is 90.5 Å². The number of hydrogen-bond donors (Lipinski definition) is 1. The Morgan fingerprint density at radius 2 is 1.91 bits per heavy atom. The van der Waals surface area contributed by atoms with Gasteiger partial charge in [0.05, 0.1) is 11.8 Å². The van der Waals surface area contributed by atoms with Crippen LogP contribution < -0.4 is 5.32 Å². The molecule has 1 aliphatic heterocycles. The molecular formula is C26H28N6O2. The predicted molar refractivity (Wildman–Crippen MR) is 129 cm³/mol. The zero-order valence-electron chi connectivity index (χ0n) is 19.0. The quantitative estimate of drug-likeness (QED) is 0.432. The summed E-state index contributed by atoms with van der Waals surface area (Å²) in [5, 5.41) is 3.01. The zero-order valence-corrected chi connectivity index (χ0v) is 19.0. The van der Waals surface area contributed by atoms with Crippen LogP contribution in [0.25, 0.3) is 5.52 Å². The van der Waals surface area contributed by atoms with Crippen LogP contribution in [0.2, 0.25) is 0 Å². The molecule has 1 aromatic carbocycles. The SMILES string of the molecule is O=C(NCCCn1ccnc1)c1nc([C@H]2CCCN(C(=O)c3ccccc3)C2)n2ccccc12. The maximum atomic E-state index is 13.0. The van der Waals surface area contributed by atoms with Gasteiger partial charge in [-0.15, -0.1) is 0 Å². The molecule has 5 rings (SSSR count). The molecule has 4 aromatic rings. The van der Waals surface area contributed by atoms with E-state index in [1.807, 2.05) is 74.8 Å². The minimum absolute atomic E-state index is 0.0435. The monoisotopic (exact) mass is 456 g/mol. The van der Waals surface area contributed by atoms with E-state index in [2.05, 4.69) is 10.3 Å². The number of aryl methyl sites for hydroxylation is 1. The van der Waals surface area contributed by atoms with Gasteiger partial charge < -0.3 is 19.2 Å². The molecule has 0 unspecified atom stereocenters. The Labute approximate surface area is 198 Å². The molecule has 8 heteroatoms. The summed E-state index contributed by atoms with van der Waals surface area (Å²) in [5.74, 6) is 0.777. The Balaban J connectivity index is 1.31. The first-order chi connectivity index (χ1) is 16.7. The summed E-state index contributed by atoms with van der Waals surface area (Å²) < 4.78 is 3.99. The standard InChI is InChI=1S/C26H28N6O2/c33-25(28-12-7-14-30-17-13-27-19-30)23-22-11-4-5-16-32(22)24(29-23)21-10-6-15-31(18-21)26(34)20-8-2-1-3-9-20/h1-5,8-9,11,13,16-17,19,21H,6-7,10,12,14-15,18H2,(H,28,33)/t21-/m0/s1. The van der Waals surface area contributed by atoms with Gasteiger partial charge in [-0.3, -0.25) is 9.59 Å². The number of nitrogens with zero attached hydrogens (tertiary/aromatic N) is 5. The van der Waals surface area contributed by atoms with E-state index in [0.717, 1.165) is 43.7 Å². The normalized spacial score (nSPS) is 16.0. The summed E-state index contributed by atoms with van der Waals surface area (Å²) in [6.45, 7) is 2.68. The number of carbonyl (C=O) groups excluding carboxylic acids is 2. The first kappa shape index (κ1) is 21.9. The molecule has 3 aromatic heterocycles. The molecule has 0 saturated carbocycles. The number of imidazole rings is 2. The lowest BCUT2D eigenvalue weighted by molar-refractivity contribution is 0.0703. The Hall–Kier alpha value is -3.94. The van der Waals surface area contributed by atoms with Gasteiger partial charge in [0.1, 0.15) is 5.82 Å². The van der Waals surface area contributed by atoms with Gasteiger partial charge in [-0.1, -0.05) is 24.3 Å². The van der Waals surface area contributed by atoms with E-state index < -0.39 is 0 Å². The molecule has 0 spiro atoms. The molecule has 4 heterocycles. The Morgan fingerprint density at radius 1 is 1.06 bits per heavy atom. The molecule has 0 radical (unpaired) electrons. The van der Waals surface area contributed by atoms with Gasteiger partial charge in [0.15, 0.2) is 5.69 Å². The van der Waals surface area contributed by atoms with Crippen molar-refractivity contribution in [2.45, 2.75) is 31.7 Å². The number of pyridine rings is 1.